The monoisotopic (exact) mass is 240 g/mol. The van der Waals surface area contributed by atoms with E-state index in [1.54, 1.807) is 0 Å². The molecule has 17 heavy (non-hydrogen) atoms. The predicted octanol–water partition coefficient (Wildman–Crippen LogP) is 1.05. The van der Waals surface area contributed by atoms with Crippen LogP contribution in [0.25, 0.3) is 0 Å². The van der Waals surface area contributed by atoms with Crippen LogP contribution in [0.5, 0.6) is 0 Å². The number of carboxylic acids is 2. The molecule has 1 aliphatic carbocycles. The molecule has 3 N–H and O–H groups in total. The van der Waals surface area contributed by atoms with Crippen molar-refractivity contribution >= 4 is 11.9 Å². The summed E-state index contributed by atoms with van der Waals surface area (Å²) >= 11 is 0. The predicted molar refractivity (Wildman–Crippen MR) is 60.4 cm³/mol. The van der Waals surface area contributed by atoms with E-state index in [2.05, 4.69) is 0 Å². The number of hydrogen-bond acceptors (Lipinski definition) is 3. The first kappa shape index (κ1) is 13.4. The van der Waals surface area contributed by atoms with Crippen LogP contribution in [-0.2, 0) is 9.59 Å². The average molecular weight is 240 g/mol. The fourth-order valence-electron chi connectivity index (χ4n) is 2.10. The summed E-state index contributed by atoms with van der Waals surface area (Å²) < 4.78 is 0. The van der Waals surface area contributed by atoms with Crippen molar-refractivity contribution in [3.8, 4) is 0 Å². The summed E-state index contributed by atoms with van der Waals surface area (Å²) in [5.41, 5.74) is -1.14. The molecular formula is C12H16O5. The van der Waals surface area contributed by atoms with E-state index in [9.17, 15) is 14.7 Å². The molecule has 5 nitrogen and oxygen atoms in total. The van der Waals surface area contributed by atoms with Gasteiger partial charge in [0, 0.05) is 18.1 Å². The molecule has 0 aromatic carbocycles. The van der Waals surface area contributed by atoms with Crippen LogP contribution in [0.3, 0.4) is 0 Å². The van der Waals surface area contributed by atoms with E-state index in [1.807, 2.05) is 0 Å². The maximum atomic E-state index is 11.3. The van der Waals surface area contributed by atoms with Gasteiger partial charge in [0.1, 0.15) is 0 Å². The summed E-state index contributed by atoms with van der Waals surface area (Å²) in [7, 11) is 0. The van der Waals surface area contributed by atoms with Crippen LogP contribution >= 0.6 is 0 Å². The number of aliphatic carboxylic acids is 2. The zero-order valence-electron chi connectivity index (χ0n) is 9.59. The van der Waals surface area contributed by atoms with Gasteiger partial charge in [-0.25, -0.2) is 4.79 Å². The summed E-state index contributed by atoms with van der Waals surface area (Å²) in [6.45, 7) is 1.42. The highest BCUT2D eigenvalue weighted by molar-refractivity contribution is 5.91. The van der Waals surface area contributed by atoms with E-state index < -0.39 is 23.3 Å². The minimum atomic E-state index is -1.22. The molecule has 0 aliphatic heterocycles. The van der Waals surface area contributed by atoms with Crippen LogP contribution in [0.1, 0.15) is 19.8 Å². The first-order valence-electron chi connectivity index (χ1n) is 5.40. The minimum absolute atomic E-state index is 0.0805. The van der Waals surface area contributed by atoms with E-state index in [0.29, 0.717) is 12.8 Å². The maximum Gasteiger partial charge on any atom is 0.331 e. The highest BCUT2D eigenvalue weighted by Crippen LogP contribution is 2.40. The Morgan fingerprint density at radius 2 is 2.06 bits per heavy atom. The zero-order chi connectivity index (χ0) is 13.1. The number of aliphatic hydroxyl groups excluding tert-OH is 1. The number of carboxylic acid groups (broad SMARTS) is 2. The molecule has 0 saturated heterocycles. The summed E-state index contributed by atoms with van der Waals surface area (Å²) in [5.74, 6) is -2.78. The lowest BCUT2D eigenvalue weighted by molar-refractivity contribution is -0.148. The van der Waals surface area contributed by atoms with Crippen molar-refractivity contribution in [1.82, 2.24) is 0 Å². The Labute approximate surface area is 99.1 Å². The SMILES string of the molecule is CC1(C(=O)O)C=CC=C(C(=O)O)C1CCCO. The third-order valence-electron chi connectivity index (χ3n) is 3.18. The van der Waals surface area contributed by atoms with E-state index in [4.69, 9.17) is 10.2 Å². The van der Waals surface area contributed by atoms with E-state index in [0.717, 1.165) is 0 Å². The molecular weight excluding hydrogens is 224 g/mol. The molecule has 94 valence electrons. The molecule has 0 radical (unpaired) electrons. The maximum absolute atomic E-state index is 11.3. The Bertz CT molecular complexity index is 382. The smallest absolute Gasteiger partial charge is 0.331 e. The Morgan fingerprint density at radius 1 is 1.41 bits per heavy atom. The fraction of sp³-hybridized carbons (Fsp3) is 0.500. The van der Waals surface area contributed by atoms with Crippen LogP contribution in [0.2, 0.25) is 0 Å². The highest BCUT2D eigenvalue weighted by Gasteiger charge is 2.43. The van der Waals surface area contributed by atoms with Gasteiger partial charge in [-0.3, -0.25) is 4.79 Å². The van der Waals surface area contributed by atoms with Crippen molar-refractivity contribution in [2.75, 3.05) is 6.61 Å². The molecule has 0 bridgehead atoms. The van der Waals surface area contributed by atoms with Gasteiger partial charge in [-0.05, 0) is 19.8 Å². The molecule has 2 unspecified atom stereocenters. The number of allylic oxidation sites excluding steroid dienone is 2. The lowest BCUT2D eigenvalue weighted by Crippen LogP contribution is -2.38. The largest absolute Gasteiger partial charge is 0.481 e. The average Bonchev–Trinajstić information content (AvgIpc) is 2.26. The van der Waals surface area contributed by atoms with Gasteiger partial charge in [-0.15, -0.1) is 0 Å². The van der Waals surface area contributed by atoms with Crippen molar-refractivity contribution < 1.29 is 24.9 Å². The van der Waals surface area contributed by atoms with Gasteiger partial charge in [0.05, 0.1) is 5.41 Å². The number of carbonyl (C=O) groups is 2. The van der Waals surface area contributed by atoms with Gasteiger partial charge in [0.25, 0.3) is 0 Å². The van der Waals surface area contributed by atoms with Gasteiger partial charge in [-0.2, -0.15) is 0 Å². The van der Waals surface area contributed by atoms with E-state index in [1.165, 1.54) is 25.2 Å². The zero-order valence-corrected chi connectivity index (χ0v) is 9.59. The van der Waals surface area contributed by atoms with Crippen molar-refractivity contribution in [2.24, 2.45) is 11.3 Å². The fourth-order valence-corrected chi connectivity index (χ4v) is 2.10. The second kappa shape index (κ2) is 5.14. The molecule has 5 heteroatoms. The molecule has 0 spiro atoms. The van der Waals surface area contributed by atoms with Crippen LogP contribution < -0.4 is 0 Å². The lowest BCUT2D eigenvalue weighted by Gasteiger charge is -2.33. The number of rotatable bonds is 5. The van der Waals surface area contributed by atoms with E-state index >= 15 is 0 Å². The van der Waals surface area contributed by atoms with Gasteiger partial charge in [0.15, 0.2) is 0 Å². The molecule has 0 aromatic heterocycles. The minimum Gasteiger partial charge on any atom is -0.481 e. The molecule has 0 heterocycles. The summed E-state index contributed by atoms with van der Waals surface area (Å²) in [4.78, 5) is 22.4. The second-order valence-corrected chi connectivity index (χ2v) is 4.29. The van der Waals surface area contributed by atoms with Gasteiger partial charge >= 0.3 is 11.9 Å². The molecule has 0 saturated carbocycles. The third kappa shape index (κ3) is 2.55. The molecule has 0 aromatic rings. The Balaban J connectivity index is 3.08. The van der Waals surface area contributed by atoms with Crippen molar-refractivity contribution in [2.45, 2.75) is 19.8 Å². The van der Waals surface area contributed by atoms with Crippen LogP contribution in [-0.4, -0.2) is 33.9 Å². The highest BCUT2D eigenvalue weighted by atomic mass is 16.4. The quantitative estimate of drug-likeness (QED) is 0.667. The number of hydrogen-bond donors (Lipinski definition) is 3. The molecule has 2 atom stereocenters. The summed E-state index contributed by atoms with van der Waals surface area (Å²) in [5, 5.41) is 27.1. The first-order chi connectivity index (χ1) is 7.93. The Kier molecular flexibility index (Phi) is 4.07. The van der Waals surface area contributed by atoms with Gasteiger partial charge in [0.2, 0.25) is 0 Å². The molecule has 1 aliphatic rings. The number of aliphatic hydroxyl groups is 1. The molecule has 0 amide bonds. The van der Waals surface area contributed by atoms with Gasteiger partial charge in [-0.1, -0.05) is 18.2 Å². The first-order valence-corrected chi connectivity index (χ1v) is 5.40. The Hall–Kier alpha value is -1.62. The van der Waals surface area contributed by atoms with Crippen LogP contribution in [0, 0.1) is 11.3 Å². The standard InChI is InChI=1S/C12H16O5/c1-12(11(16)17)6-2-4-8(10(14)15)9(12)5-3-7-13/h2,4,6,9,13H,3,5,7H2,1H3,(H,14,15)(H,16,17). The van der Waals surface area contributed by atoms with Crippen molar-refractivity contribution in [3.63, 3.8) is 0 Å². The van der Waals surface area contributed by atoms with Crippen molar-refractivity contribution in [1.29, 1.82) is 0 Å². The van der Waals surface area contributed by atoms with Crippen molar-refractivity contribution in [3.05, 3.63) is 23.8 Å². The third-order valence-corrected chi connectivity index (χ3v) is 3.18. The van der Waals surface area contributed by atoms with Crippen LogP contribution in [0.4, 0.5) is 0 Å². The Morgan fingerprint density at radius 3 is 2.53 bits per heavy atom. The lowest BCUT2D eigenvalue weighted by atomic mass is 9.68. The molecule has 0 fully saturated rings. The van der Waals surface area contributed by atoms with E-state index in [-0.39, 0.29) is 12.2 Å². The topological polar surface area (TPSA) is 94.8 Å². The second-order valence-electron chi connectivity index (χ2n) is 4.29. The van der Waals surface area contributed by atoms with Gasteiger partial charge < -0.3 is 15.3 Å². The molecule has 1 rings (SSSR count). The summed E-state index contributed by atoms with van der Waals surface area (Å²) in [6.07, 6.45) is 5.11. The van der Waals surface area contributed by atoms with Crippen LogP contribution in [0.15, 0.2) is 23.8 Å². The summed E-state index contributed by atoms with van der Waals surface area (Å²) in [6, 6.07) is 0. The normalized spacial score (nSPS) is 27.6.